The lowest BCUT2D eigenvalue weighted by Gasteiger charge is -2.22. The molecule has 6 heteroatoms. The summed E-state index contributed by atoms with van der Waals surface area (Å²) in [6, 6.07) is 7.14. The molecule has 0 unspecified atom stereocenters. The molecule has 0 aromatic heterocycles. The number of urea groups is 1. The Morgan fingerprint density at radius 1 is 0.957 bits per heavy atom. The van der Waals surface area contributed by atoms with Gasteiger partial charge in [0.25, 0.3) is 0 Å². The molecule has 2 fully saturated rings. The third-order valence-electron chi connectivity index (χ3n) is 4.14. The van der Waals surface area contributed by atoms with Crippen molar-refractivity contribution in [1.82, 2.24) is 10.6 Å². The maximum atomic E-state index is 11.9. The van der Waals surface area contributed by atoms with Gasteiger partial charge in [-0.1, -0.05) is 25.3 Å². The second-order valence-corrected chi connectivity index (χ2v) is 6.27. The zero-order chi connectivity index (χ0) is 16.1. The van der Waals surface area contributed by atoms with Gasteiger partial charge in [-0.05, 0) is 37.8 Å². The van der Waals surface area contributed by atoms with Crippen LogP contribution in [0.1, 0.15) is 44.9 Å². The van der Waals surface area contributed by atoms with Crippen molar-refractivity contribution in [2.24, 2.45) is 0 Å². The molecule has 0 aliphatic heterocycles. The number of hydrogen-bond donors (Lipinski definition) is 3. The van der Waals surface area contributed by atoms with E-state index in [1.165, 1.54) is 6.42 Å². The van der Waals surface area contributed by atoms with Crippen LogP contribution in [0.3, 0.4) is 0 Å². The van der Waals surface area contributed by atoms with Gasteiger partial charge in [0.2, 0.25) is 0 Å². The molecule has 0 radical (unpaired) electrons. The van der Waals surface area contributed by atoms with Gasteiger partial charge in [-0.25, -0.2) is 9.59 Å². The van der Waals surface area contributed by atoms with Gasteiger partial charge >= 0.3 is 12.1 Å². The maximum absolute atomic E-state index is 11.9. The van der Waals surface area contributed by atoms with E-state index in [0.717, 1.165) is 38.5 Å². The summed E-state index contributed by atoms with van der Waals surface area (Å²) in [5, 5.41) is 8.49. The first kappa shape index (κ1) is 15.6. The van der Waals surface area contributed by atoms with Crippen molar-refractivity contribution in [2.75, 3.05) is 5.32 Å². The normalized spacial score (nSPS) is 18.1. The molecule has 2 aliphatic rings. The lowest BCUT2D eigenvalue weighted by molar-refractivity contribution is 0.192. The molecule has 0 bridgehead atoms. The molecular formula is C17H23N3O3. The molecular weight excluding hydrogens is 294 g/mol. The average Bonchev–Trinajstić information content (AvgIpc) is 3.32. The van der Waals surface area contributed by atoms with Crippen LogP contribution in [-0.2, 0) is 0 Å². The first-order chi connectivity index (χ1) is 11.2. The van der Waals surface area contributed by atoms with Gasteiger partial charge in [-0.3, -0.25) is 0 Å². The Bertz CT molecular complexity index is 566. The number of carbonyl (C=O) groups excluding carboxylic acids is 2. The molecule has 23 heavy (non-hydrogen) atoms. The Hall–Kier alpha value is -2.24. The number of hydrogen-bond acceptors (Lipinski definition) is 3. The molecule has 0 heterocycles. The van der Waals surface area contributed by atoms with E-state index in [9.17, 15) is 9.59 Å². The topological polar surface area (TPSA) is 79.5 Å². The molecule has 3 rings (SSSR count). The summed E-state index contributed by atoms with van der Waals surface area (Å²) in [7, 11) is 0. The second kappa shape index (κ2) is 7.35. The minimum atomic E-state index is -0.434. The fraction of sp³-hybridized carbons (Fsp3) is 0.529. The molecule has 124 valence electrons. The average molecular weight is 317 g/mol. The molecule has 2 saturated carbocycles. The molecule has 0 atom stereocenters. The van der Waals surface area contributed by atoms with Crippen molar-refractivity contribution in [3.05, 3.63) is 24.3 Å². The Morgan fingerprint density at radius 2 is 1.70 bits per heavy atom. The molecule has 0 saturated heterocycles. The third kappa shape index (κ3) is 5.16. The highest BCUT2D eigenvalue weighted by Crippen LogP contribution is 2.21. The van der Waals surface area contributed by atoms with Crippen molar-refractivity contribution in [3.63, 3.8) is 0 Å². The summed E-state index contributed by atoms with van der Waals surface area (Å²) in [5.74, 6) is 0.419. The third-order valence-corrected chi connectivity index (χ3v) is 4.14. The Balaban J connectivity index is 1.49. The van der Waals surface area contributed by atoms with Gasteiger partial charge in [0, 0.05) is 23.8 Å². The highest BCUT2D eigenvalue weighted by Gasteiger charge is 2.23. The Kier molecular flexibility index (Phi) is 5.00. The van der Waals surface area contributed by atoms with Crippen LogP contribution in [0.2, 0.25) is 0 Å². The predicted octanol–water partition coefficient (Wildman–Crippen LogP) is 3.39. The van der Waals surface area contributed by atoms with Crippen LogP contribution in [-0.4, -0.2) is 24.2 Å². The molecule has 0 spiro atoms. The predicted molar refractivity (Wildman–Crippen MR) is 87.7 cm³/mol. The van der Waals surface area contributed by atoms with Gasteiger partial charge in [-0.2, -0.15) is 0 Å². The number of rotatable bonds is 4. The van der Waals surface area contributed by atoms with Crippen LogP contribution < -0.4 is 20.7 Å². The number of nitrogens with one attached hydrogen (secondary N) is 3. The maximum Gasteiger partial charge on any atom is 0.412 e. The number of ether oxygens (including phenoxy) is 1. The first-order valence-electron chi connectivity index (χ1n) is 8.35. The van der Waals surface area contributed by atoms with Crippen molar-refractivity contribution >= 4 is 17.8 Å². The largest absolute Gasteiger partial charge is 0.412 e. The molecule has 1 aromatic carbocycles. The van der Waals surface area contributed by atoms with E-state index in [2.05, 4.69) is 16.0 Å². The molecule has 3 amide bonds. The molecule has 1 aromatic rings. The summed E-state index contributed by atoms with van der Waals surface area (Å²) in [6.07, 6.45) is 7.22. The number of anilines is 1. The van der Waals surface area contributed by atoms with Gasteiger partial charge in [0.05, 0.1) is 0 Å². The Labute approximate surface area is 136 Å². The SMILES string of the molecule is O=C(Nc1cccc(OC(=O)NC2CCCCC2)c1)NC1CC1. The van der Waals surface area contributed by atoms with E-state index in [-0.39, 0.29) is 12.1 Å². The molecule has 2 aliphatic carbocycles. The molecule has 6 nitrogen and oxygen atoms in total. The summed E-state index contributed by atoms with van der Waals surface area (Å²) < 4.78 is 5.31. The van der Waals surface area contributed by atoms with Crippen LogP contribution in [0.15, 0.2) is 24.3 Å². The van der Waals surface area contributed by atoms with Crippen molar-refractivity contribution in [2.45, 2.75) is 57.0 Å². The van der Waals surface area contributed by atoms with E-state index < -0.39 is 6.09 Å². The highest BCUT2D eigenvalue weighted by atomic mass is 16.6. The summed E-state index contributed by atoms with van der Waals surface area (Å²) >= 11 is 0. The minimum absolute atomic E-state index is 0.210. The van der Waals surface area contributed by atoms with E-state index in [0.29, 0.717) is 17.5 Å². The van der Waals surface area contributed by atoms with E-state index >= 15 is 0 Å². The van der Waals surface area contributed by atoms with Crippen LogP contribution in [0.25, 0.3) is 0 Å². The van der Waals surface area contributed by atoms with Gasteiger partial charge in [0.1, 0.15) is 5.75 Å². The van der Waals surface area contributed by atoms with Gasteiger partial charge in [0.15, 0.2) is 0 Å². The van der Waals surface area contributed by atoms with Crippen LogP contribution >= 0.6 is 0 Å². The zero-order valence-electron chi connectivity index (χ0n) is 13.1. The lowest BCUT2D eigenvalue weighted by atomic mass is 9.96. The first-order valence-corrected chi connectivity index (χ1v) is 8.35. The van der Waals surface area contributed by atoms with E-state index in [4.69, 9.17) is 4.74 Å². The van der Waals surface area contributed by atoms with Crippen molar-refractivity contribution in [1.29, 1.82) is 0 Å². The van der Waals surface area contributed by atoms with E-state index in [1.807, 2.05) is 0 Å². The fourth-order valence-electron chi connectivity index (χ4n) is 2.77. The Morgan fingerprint density at radius 3 is 2.43 bits per heavy atom. The zero-order valence-corrected chi connectivity index (χ0v) is 13.1. The van der Waals surface area contributed by atoms with Crippen LogP contribution in [0.5, 0.6) is 5.75 Å². The summed E-state index contributed by atoms with van der Waals surface area (Å²) in [6.45, 7) is 0. The lowest BCUT2D eigenvalue weighted by Crippen LogP contribution is -2.38. The van der Waals surface area contributed by atoms with Crippen LogP contribution in [0, 0.1) is 0 Å². The van der Waals surface area contributed by atoms with Crippen LogP contribution in [0.4, 0.5) is 15.3 Å². The summed E-state index contributed by atoms with van der Waals surface area (Å²) in [5.41, 5.74) is 0.603. The smallest absolute Gasteiger partial charge is 0.410 e. The minimum Gasteiger partial charge on any atom is -0.410 e. The second-order valence-electron chi connectivity index (χ2n) is 6.27. The summed E-state index contributed by atoms with van der Waals surface area (Å²) in [4.78, 5) is 23.7. The number of benzene rings is 1. The quantitative estimate of drug-likeness (QED) is 0.796. The van der Waals surface area contributed by atoms with Crippen molar-refractivity contribution in [3.8, 4) is 5.75 Å². The molecule has 3 N–H and O–H groups in total. The number of amides is 3. The number of carbonyl (C=O) groups is 2. The monoisotopic (exact) mass is 317 g/mol. The van der Waals surface area contributed by atoms with Crippen molar-refractivity contribution < 1.29 is 14.3 Å². The van der Waals surface area contributed by atoms with E-state index in [1.54, 1.807) is 24.3 Å². The highest BCUT2D eigenvalue weighted by molar-refractivity contribution is 5.89. The fourth-order valence-corrected chi connectivity index (χ4v) is 2.77. The van der Waals surface area contributed by atoms with Gasteiger partial charge < -0.3 is 20.7 Å². The standard InChI is InChI=1S/C17H23N3O3/c21-16(18-13-9-10-13)19-14-7-4-8-15(11-14)23-17(22)20-12-5-2-1-3-6-12/h4,7-8,11-13H,1-3,5-6,9-10H2,(H,20,22)(H2,18,19,21). The van der Waals surface area contributed by atoms with Gasteiger partial charge in [-0.15, -0.1) is 0 Å².